The fourth-order valence-corrected chi connectivity index (χ4v) is 1.81. The lowest BCUT2D eigenvalue weighted by molar-refractivity contribution is 1.14. The van der Waals surface area contributed by atoms with Crippen LogP contribution in [-0.4, -0.2) is 14.4 Å². The third kappa shape index (κ3) is 1.37. The number of aromatic nitrogens is 3. The fourth-order valence-electron chi connectivity index (χ4n) is 1.81. The monoisotopic (exact) mass is 209 g/mol. The minimum absolute atomic E-state index is 0.959. The maximum Gasteiger partial charge on any atom is 0.144 e. The summed E-state index contributed by atoms with van der Waals surface area (Å²) in [7, 11) is 0. The maximum absolute atomic E-state index is 4.44. The summed E-state index contributed by atoms with van der Waals surface area (Å²) in [4.78, 5) is 8.46. The zero-order valence-corrected chi connectivity index (χ0v) is 8.96. The second kappa shape index (κ2) is 3.45. The molecule has 0 fully saturated rings. The molecule has 0 atom stereocenters. The van der Waals surface area contributed by atoms with Gasteiger partial charge in [-0.25, -0.2) is 4.98 Å². The molecule has 0 saturated heterocycles. The third-order valence-electron chi connectivity index (χ3n) is 2.61. The van der Waals surface area contributed by atoms with Gasteiger partial charge < -0.3 is 0 Å². The van der Waals surface area contributed by atoms with Crippen molar-refractivity contribution in [1.82, 2.24) is 14.4 Å². The van der Waals surface area contributed by atoms with Crippen LogP contribution in [0, 0.1) is 6.92 Å². The summed E-state index contributed by atoms with van der Waals surface area (Å²) in [6.07, 6.45) is 7.55. The average Bonchev–Trinajstić information content (AvgIpc) is 2.73. The summed E-state index contributed by atoms with van der Waals surface area (Å²) in [5.74, 6) is 0.959. The summed E-state index contributed by atoms with van der Waals surface area (Å²) < 4.78 is 2.10. The standard InChI is InChI=1S/C13H11N3/c1-10-2-3-12-8-15-13(16(12)9-10)11-4-6-14-7-5-11/h2-9H,1H3. The van der Waals surface area contributed by atoms with Crippen LogP contribution in [0.4, 0.5) is 0 Å². The minimum atomic E-state index is 0.959. The van der Waals surface area contributed by atoms with E-state index in [1.165, 1.54) is 5.56 Å². The van der Waals surface area contributed by atoms with Crippen molar-refractivity contribution in [1.29, 1.82) is 0 Å². The second-order valence-corrected chi connectivity index (χ2v) is 3.82. The van der Waals surface area contributed by atoms with E-state index in [2.05, 4.69) is 39.6 Å². The molecule has 0 aliphatic carbocycles. The van der Waals surface area contributed by atoms with Crippen molar-refractivity contribution in [2.75, 3.05) is 0 Å². The Morgan fingerprint density at radius 2 is 1.88 bits per heavy atom. The maximum atomic E-state index is 4.44. The molecular formula is C13H11N3. The van der Waals surface area contributed by atoms with Gasteiger partial charge in [-0.2, -0.15) is 0 Å². The molecule has 0 unspecified atom stereocenters. The Labute approximate surface area is 93.4 Å². The van der Waals surface area contributed by atoms with Crippen molar-refractivity contribution in [3.63, 3.8) is 0 Å². The van der Waals surface area contributed by atoms with Crippen molar-refractivity contribution in [3.05, 3.63) is 54.6 Å². The topological polar surface area (TPSA) is 30.2 Å². The summed E-state index contributed by atoms with van der Waals surface area (Å²) in [6.45, 7) is 2.08. The molecule has 0 radical (unpaired) electrons. The first-order chi connectivity index (χ1) is 7.84. The van der Waals surface area contributed by atoms with Crippen molar-refractivity contribution >= 4 is 5.52 Å². The van der Waals surface area contributed by atoms with Crippen LogP contribution in [0.3, 0.4) is 0 Å². The Morgan fingerprint density at radius 3 is 2.69 bits per heavy atom. The number of aryl methyl sites for hydroxylation is 1. The van der Waals surface area contributed by atoms with Crippen molar-refractivity contribution in [3.8, 4) is 11.4 Å². The molecule has 0 amide bonds. The van der Waals surface area contributed by atoms with Crippen LogP contribution in [0.2, 0.25) is 0 Å². The lowest BCUT2D eigenvalue weighted by Gasteiger charge is -2.01. The molecule has 0 aliphatic rings. The van der Waals surface area contributed by atoms with Crippen molar-refractivity contribution < 1.29 is 0 Å². The van der Waals surface area contributed by atoms with Gasteiger partial charge in [-0.05, 0) is 30.7 Å². The number of rotatable bonds is 1. The number of hydrogen-bond donors (Lipinski definition) is 0. The second-order valence-electron chi connectivity index (χ2n) is 3.82. The van der Waals surface area contributed by atoms with Gasteiger partial charge >= 0.3 is 0 Å². The molecule has 16 heavy (non-hydrogen) atoms. The largest absolute Gasteiger partial charge is 0.300 e. The highest BCUT2D eigenvalue weighted by atomic mass is 15.0. The van der Waals surface area contributed by atoms with Crippen LogP contribution in [0.25, 0.3) is 16.9 Å². The molecular weight excluding hydrogens is 198 g/mol. The predicted molar refractivity (Wildman–Crippen MR) is 63.2 cm³/mol. The van der Waals surface area contributed by atoms with Crippen LogP contribution in [0.15, 0.2) is 49.1 Å². The van der Waals surface area contributed by atoms with E-state index in [1.807, 2.05) is 18.3 Å². The first-order valence-corrected chi connectivity index (χ1v) is 5.19. The molecule has 0 aliphatic heterocycles. The van der Waals surface area contributed by atoms with Crippen LogP contribution in [0.1, 0.15) is 5.56 Å². The molecule has 3 rings (SSSR count). The van der Waals surface area contributed by atoms with Crippen LogP contribution < -0.4 is 0 Å². The normalized spacial score (nSPS) is 10.8. The number of hydrogen-bond acceptors (Lipinski definition) is 2. The zero-order valence-electron chi connectivity index (χ0n) is 8.96. The Hall–Kier alpha value is -2.16. The molecule has 3 heterocycles. The summed E-state index contributed by atoms with van der Waals surface area (Å²) in [5, 5.41) is 0. The highest BCUT2D eigenvalue weighted by Gasteiger charge is 2.05. The molecule has 3 nitrogen and oxygen atoms in total. The molecule has 78 valence electrons. The first kappa shape index (κ1) is 9.09. The van der Waals surface area contributed by atoms with E-state index >= 15 is 0 Å². The van der Waals surface area contributed by atoms with Gasteiger partial charge in [-0.1, -0.05) is 6.07 Å². The Morgan fingerprint density at radius 1 is 1.06 bits per heavy atom. The molecule has 3 heteroatoms. The van der Waals surface area contributed by atoms with Crippen LogP contribution in [-0.2, 0) is 0 Å². The molecule has 0 N–H and O–H groups in total. The van der Waals surface area contributed by atoms with E-state index in [-0.39, 0.29) is 0 Å². The molecule has 3 aromatic heterocycles. The van der Waals surface area contributed by atoms with Gasteiger partial charge in [0, 0.05) is 24.2 Å². The van der Waals surface area contributed by atoms with Crippen molar-refractivity contribution in [2.24, 2.45) is 0 Å². The van der Waals surface area contributed by atoms with Gasteiger partial charge in [0.25, 0.3) is 0 Å². The summed E-state index contributed by atoms with van der Waals surface area (Å²) >= 11 is 0. The number of nitrogens with zero attached hydrogens (tertiary/aromatic N) is 3. The summed E-state index contributed by atoms with van der Waals surface area (Å²) in [5.41, 5.74) is 3.42. The zero-order chi connectivity index (χ0) is 11.0. The van der Waals surface area contributed by atoms with E-state index in [1.54, 1.807) is 12.4 Å². The molecule has 0 bridgehead atoms. The predicted octanol–water partition coefficient (Wildman–Crippen LogP) is 2.70. The van der Waals surface area contributed by atoms with Crippen molar-refractivity contribution in [2.45, 2.75) is 6.92 Å². The molecule has 0 saturated carbocycles. The summed E-state index contributed by atoms with van der Waals surface area (Å²) in [6, 6.07) is 8.11. The first-order valence-electron chi connectivity index (χ1n) is 5.19. The van der Waals surface area contributed by atoms with E-state index in [0.717, 1.165) is 16.9 Å². The Bertz CT molecular complexity index is 626. The Balaban J connectivity index is 2.29. The molecule has 0 spiro atoms. The van der Waals surface area contributed by atoms with Gasteiger partial charge in [-0.3, -0.25) is 9.38 Å². The minimum Gasteiger partial charge on any atom is -0.300 e. The highest BCUT2D eigenvalue weighted by Crippen LogP contribution is 2.19. The van der Waals surface area contributed by atoms with E-state index < -0.39 is 0 Å². The lowest BCUT2D eigenvalue weighted by atomic mass is 10.2. The third-order valence-corrected chi connectivity index (χ3v) is 2.61. The van der Waals surface area contributed by atoms with E-state index in [4.69, 9.17) is 0 Å². The fraction of sp³-hybridized carbons (Fsp3) is 0.0769. The van der Waals surface area contributed by atoms with E-state index in [0.29, 0.717) is 0 Å². The van der Waals surface area contributed by atoms with Crippen LogP contribution >= 0.6 is 0 Å². The van der Waals surface area contributed by atoms with Gasteiger partial charge in [0.05, 0.1) is 11.7 Å². The van der Waals surface area contributed by atoms with Crippen LogP contribution in [0.5, 0.6) is 0 Å². The molecule has 0 aromatic carbocycles. The van der Waals surface area contributed by atoms with Gasteiger partial charge in [-0.15, -0.1) is 0 Å². The SMILES string of the molecule is Cc1ccc2cnc(-c3ccncc3)n2c1. The highest BCUT2D eigenvalue weighted by molar-refractivity contribution is 5.61. The number of imidazole rings is 1. The van der Waals surface area contributed by atoms with Gasteiger partial charge in [0.1, 0.15) is 5.82 Å². The number of fused-ring (bicyclic) bond motifs is 1. The lowest BCUT2D eigenvalue weighted by Crippen LogP contribution is -1.90. The van der Waals surface area contributed by atoms with Gasteiger partial charge in [0.15, 0.2) is 0 Å². The molecule has 3 aromatic rings. The quantitative estimate of drug-likeness (QED) is 0.616. The number of pyridine rings is 2. The Kier molecular flexibility index (Phi) is 1.96. The average molecular weight is 209 g/mol. The van der Waals surface area contributed by atoms with Gasteiger partial charge in [0.2, 0.25) is 0 Å². The van der Waals surface area contributed by atoms with E-state index in [9.17, 15) is 0 Å². The smallest absolute Gasteiger partial charge is 0.144 e.